The second-order valence-corrected chi connectivity index (χ2v) is 8.11. The second-order valence-electron chi connectivity index (χ2n) is 8.11. The van der Waals surface area contributed by atoms with E-state index in [9.17, 15) is 0 Å². The molecule has 0 aromatic heterocycles. The molecule has 0 radical (unpaired) electrons. The Kier molecular flexibility index (Phi) is 5.61. The predicted octanol–water partition coefficient (Wildman–Crippen LogP) is 6.17. The van der Waals surface area contributed by atoms with Crippen molar-refractivity contribution >= 4 is 5.69 Å². The lowest BCUT2D eigenvalue weighted by molar-refractivity contribution is 0.506. The van der Waals surface area contributed by atoms with Crippen LogP contribution in [0.2, 0.25) is 0 Å². The molecular formula is C22H38N+. The highest BCUT2D eigenvalue weighted by Crippen LogP contribution is 2.45. The summed E-state index contributed by atoms with van der Waals surface area (Å²) in [6.07, 6.45) is 2.39. The van der Waals surface area contributed by atoms with Crippen LogP contribution in [0, 0.1) is 12.8 Å². The molecule has 23 heavy (non-hydrogen) atoms. The number of quaternary nitrogens is 1. The summed E-state index contributed by atoms with van der Waals surface area (Å²) in [5.74, 6) is 2.00. The minimum absolute atomic E-state index is 0.640. The molecule has 1 heterocycles. The van der Waals surface area contributed by atoms with Gasteiger partial charge in [0.05, 0.1) is 6.54 Å². The average Bonchev–Trinajstić information content (AvgIpc) is 3.33. The molecule has 1 aromatic rings. The fraction of sp³-hybridized carbons (Fsp3) is 0.727. The highest BCUT2D eigenvalue weighted by molar-refractivity contribution is 5.63. The number of hydrogen-bond donors (Lipinski definition) is 0. The fourth-order valence-electron chi connectivity index (χ4n) is 4.23. The first-order valence-corrected chi connectivity index (χ1v) is 9.85. The molecule has 2 rings (SSSR count). The topological polar surface area (TPSA) is 0 Å². The van der Waals surface area contributed by atoms with Crippen LogP contribution in [0.3, 0.4) is 0 Å². The molecule has 2 atom stereocenters. The van der Waals surface area contributed by atoms with Gasteiger partial charge in [-0.2, -0.15) is 0 Å². The van der Waals surface area contributed by atoms with Gasteiger partial charge in [0.1, 0.15) is 18.8 Å². The van der Waals surface area contributed by atoms with Gasteiger partial charge in [-0.15, -0.1) is 0 Å². The van der Waals surface area contributed by atoms with Gasteiger partial charge in [-0.1, -0.05) is 41.5 Å². The Hall–Kier alpha value is -0.820. The Morgan fingerprint density at radius 1 is 1.00 bits per heavy atom. The number of aryl methyl sites for hydroxylation is 1. The maximum absolute atomic E-state index is 2.60. The summed E-state index contributed by atoms with van der Waals surface area (Å²) in [7, 11) is 0. The van der Waals surface area contributed by atoms with E-state index in [1.54, 1.807) is 27.9 Å². The van der Waals surface area contributed by atoms with Crippen LogP contribution in [0.4, 0.5) is 5.69 Å². The Morgan fingerprint density at radius 2 is 1.61 bits per heavy atom. The summed E-state index contributed by atoms with van der Waals surface area (Å²) >= 11 is 0. The largest absolute Gasteiger partial charge is 0.282 e. The first-order valence-electron chi connectivity index (χ1n) is 9.85. The van der Waals surface area contributed by atoms with Gasteiger partial charge in [-0.05, 0) is 61.1 Å². The molecule has 1 fully saturated rings. The Morgan fingerprint density at radius 3 is 2.00 bits per heavy atom. The van der Waals surface area contributed by atoms with E-state index in [-0.39, 0.29) is 0 Å². The van der Waals surface area contributed by atoms with Crippen molar-refractivity contribution < 1.29 is 0 Å². The molecule has 1 nitrogen and oxygen atoms in total. The van der Waals surface area contributed by atoms with Gasteiger partial charge >= 0.3 is 0 Å². The number of rotatable bonds is 7. The molecule has 1 heteroatoms. The normalized spacial score (nSPS) is 19.0. The van der Waals surface area contributed by atoms with E-state index in [4.69, 9.17) is 0 Å². The maximum atomic E-state index is 2.60. The third-order valence-electron chi connectivity index (χ3n) is 6.56. The monoisotopic (exact) mass is 316 g/mol. The first-order chi connectivity index (χ1) is 10.8. The lowest BCUT2D eigenvalue weighted by Crippen LogP contribution is -2.28. The van der Waals surface area contributed by atoms with Gasteiger partial charge in [-0.25, -0.2) is 0 Å². The summed E-state index contributed by atoms with van der Waals surface area (Å²) in [6, 6.07) is 2.60. The zero-order valence-corrected chi connectivity index (χ0v) is 16.8. The molecule has 0 amide bonds. The summed E-state index contributed by atoms with van der Waals surface area (Å²) in [6.45, 7) is 22.9. The molecule has 0 aliphatic carbocycles. The van der Waals surface area contributed by atoms with Crippen LogP contribution in [0.1, 0.15) is 89.0 Å². The molecule has 0 N–H and O–H groups in total. The molecule has 1 aromatic carbocycles. The molecule has 0 saturated carbocycles. The van der Waals surface area contributed by atoms with Gasteiger partial charge in [0.25, 0.3) is 0 Å². The van der Waals surface area contributed by atoms with Crippen molar-refractivity contribution in [2.75, 3.05) is 19.6 Å². The Labute approximate surface area is 144 Å². The van der Waals surface area contributed by atoms with Crippen molar-refractivity contribution in [1.29, 1.82) is 0 Å². The lowest BCUT2D eigenvalue weighted by Gasteiger charge is -2.30. The minimum atomic E-state index is 0.640. The van der Waals surface area contributed by atoms with Crippen LogP contribution in [-0.4, -0.2) is 19.6 Å². The molecule has 130 valence electrons. The Balaban J connectivity index is 2.73. The first kappa shape index (κ1) is 18.5. The van der Waals surface area contributed by atoms with Crippen LogP contribution in [0.25, 0.3) is 0 Å². The Bertz CT molecular complexity index is 552. The van der Waals surface area contributed by atoms with Gasteiger partial charge in [0.15, 0.2) is 0 Å². The van der Waals surface area contributed by atoms with Crippen LogP contribution in [-0.2, 0) is 6.42 Å². The zero-order valence-electron chi connectivity index (χ0n) is 16.8. The minimum Gasteiger partial charge on any atom is -0.282 e. The van der Waals surface area contributed by atoms with E-state index in [2.05, 4.69) is 61.5 Å². The van der Waals surface area contributed by atoms with E-state index >= 15 is 0 Å². The average molecular weight is 317 g/mol. The molecule has 1 saturated heterocycles. The van der Waals surface area contributed by atoms with E-state index in [0.29, 0.717) is 17.8 Å². The molecular weight excluding hydrogens is 278 g/mol. The smallest absolute Gasteiger partial charge is 0.137 e. The van der Waals surface area contributed by atoms with Crippen molar-refractivity contribution in [2.24, 2.45) is 5.92 Å². The van der Waals surface area contributed by atoms with Gasteiger partial charge in [0.2, 0.25) is 0 Å². The lowest BCUT2D eigenvalue weighted by atomic mass is 9.79. The van der Waals surface area contributed by atoms with E-state index in [1.807, 2.05) is 0 Å². The zero-order chi connectivity index (χ0) is 17.4. The SMILES string of the molecule is CCc1cc([N+]2(CC)CC2)c(C(C)C(C)C)c(C)c1C(C)CC. The fourth-order valence-corrected chi connectivity index (χ4v) is 4.23. The number of hydrogen-bond acceptors (Lipinski definition) is 0. The molecule has 0 bridgehead atoms. The molecule has 0 spiro atoms. The van der Waals surface area contributed by atoms with Crippen molar-refractivity contribution in [3.63, 3.8) is 0 Å². The third-order valence-corrected chi connectivity index (χ3v) is 6.56. The summed E-state index contributed by atoms with van der Waals surface area (Å²) in [5, 5.41) is 0. The van der Waals surface area contributed by atoms with E-state index in [0.717, 1.165) is 6.42 Å². The van der Waals surface area contributed by atoms with Crippen LogP contribution >= 0.6 is 0 Å². The van der Waals surface area contributed by atoms with E-state index < -0.39 is 0 Å². The number of nitrogens with zero attached hydrogens (tertiary/aromatic N) is 1. The standard InChI is InChI=1S/C22H38N/c1-9-16(6)21-18(8)22(17(7)15(4)5)20(14-19(21)10-2)23(11-3)12-13-23/h14-17H,9-13H2,1-8H3/q+1. The molecule has 2 unspecified atom stereocenters. The van der Waals surface area contributed by atoms with Gasteiger partial charge < -0.3 is 0 Å². The maximum Gasteiger partial charge on any atom is 0.137 e. The second kappa shape index (κ2) is 6.97. The van der Waals surface area contributed by atoms with Crippen molar-refractivity contribution in [2.45, 2.75) is 80.1 Å². The summed E-state index contributed by atoms with van der Waals surface area (Å²) in [4.78, 5) is 0. The third kappa shape index (κ3) is 3.22. The van der Waals surface area contributed by atoms with Crippen LogP contribution in [0.5, 0.6) is 0 Å². The predicted molar refractivity (Wildman–Crippen MR) is 105 cm³/mol. The van der Waals surface area contributed by atoms with Gasteiger partial charge in [0, 0.05) is 11.6 Å². The van der Waals surface area contributed by atoms with Gasteiger partial charge in [-0.3, -0.25) is 4.48 Å². The van der Waals surface area contributed by atoms with Crippen molar-refractivity contribution in [1.82, 2.24) is 4.48 Å². The molecule has 1 aliphatic heterocycles. The summed E-state index contributed by atoms with van der Waals surface area (Å²) < 4.78 is 1.22. The van der Waals surface area contributed by atoms with Crippen LogP contribution in [0.15, 0.2) is 6.07 Å². The van der Waals surface area contributed by atoms with Crippen molar-refractivity contribution in [3.05, 3.63) is 28.3 Å². The quantitative estimate of drug-likeness (QED) is 0.417. The number of likely N-dealkylation sites (N-methyl/N-ethyl adjacent to an activating group) is 1. The molecule has 1 aliphatic rings. The highest BCUT2D eigenvalue weighted by atomic mass is 15.5. The number of benzene rings is 1. The van der Waals surface area contributed by atoms with Crippen LogP contribution < -0.4 is 4.48 Å². The van der Waals surface area contributed by atoms with Crippen molar-refractivity contribution in [3.8, 4) is 0 Å². The summed E-state index contributed by atoms with van der Waals surface area (Å²) in [5.41, 5.74) is 8.18. The van der Waals surface area contributed by atoms with E-state index in [1.165, 1.54) is 30.5 Å². The highest BCUT2D eigenvalue weighted by Gasteiger charge is 2.46.